The molecule has 3 aliphatic rings. The molecule has 20 heavy (non-hydrogen) atoms. The van der Waals surface area contributed by atoms with Crippen LogP contribution < -0.4 is 11.1 Å². The van der Waals surface area contributed by atoms with Crippen molar-refractivity contribution in [2.45, 2.75) is 44.6 Å². The first-order chi connectivity index (χ1) is 9.61. The Hall–Kier alpha value is -1.10. The third-order valence-corrected chi connectivity index (χ3v) is 5.31. The number of fused-ring (bicyclic) bond motifs is 2. The predicted molar refractivity (Wildman–Crippen MR) is 75.7 cm³/mol. The van der Waals surface area contributed by atoms with Crippen LogP contribution >= 0.6 is 0 Å². The number of piperidine rings is 1. The van der Waals surface area contributed by atoms with Crippen molar-refractivity contribution in [1.29, 1.82) is 0 Å². The molecule has 0 aromatic heterocycles. The molecule has 1 heterocycles. The number of carbonyl (C=O) groups is 2. The highest BCUT2D eigenvalue weighted by atomic mass is 16.2. The fourth-order valence-corrected chi connectivity index (χ4v) is 4.41. The van der Waals surface area contributed by atoms with E-state index in [4.69, 9.17) is 5.73 Å². The van der Waals surface area contributed by atoms with Gasteiger partial charge in [-0.2, -0.15) is 0 Å². The first kappa shape index (κ1) is 13.9. The normalized spacial score (nSPS) is 37.0. The number of nitrogens with one attached hydrogen (secondary N) is 1. The second-order valence-corrected chi connectivity index (χ2v) is 6.83. The predicted octanol–water partition coefficient (Wildman–Crippen LogP) is 0.488. The Morgan fingerprint density at radius 3 is 2.70 bits per heavy atom. The Labute approximate surface area is 120 Å². The van der Waals surface area contributed by atoms with E-state index in [1.165, 1.54) is 19.3 Å². The van der Waals surface area contributed by atoms with E-state index in [9.17, 15) is 9.59 Å². The number of primary amides is 1. The van der Waals surface area contributed by atoms with Crippen molar-refractivity contribution in [3.8, 4) is 0 Å². The molecule has 0 radical (unpaired) electrons. The van der Waals surface area contributed by atoms with Crippen molar-refractivity contribution in [3.63, 3.8) is 0 Å². The Morgan fingerprint density at radius 1 is 1.20 bits per heavy atom. The smallest absolute Gasteiger partial charge is 0.231 e. The molecule has 2 saturated carbocycles. The van der Waals surface area contributed by atoms with Crippen molar-refractivity contribution in [2.24, 2.45) is 23.5 Å². The van der Waals surface area contributed by atoms with Gasteiger partial charge >= 0.3 is 0 Å². The molecule has 2 aliphatic carbocycles. The number of amides is 2. The molecule has 3 N–H and O–H groups in total. The van der Waals surface area contributed by atoms with Crippen LogP contribution in [0.15, 0.2) is 0 Å². The molecule has 5 nitrogen and oxygen atoms in total. The molecule has 2 amide bonds. The van der Waals surface area contributed by atoms with Crippen LogP contribution in [0.25, 0.3) is 0 Å². The summed E-state index contributed by atoms with van der Waals surface area (Å²) in [4.78, 5) is 25.4. The molecule has 3 fully saturated rings. The van der Waals surface area contributed by atoms with Gasteiger partial charge in [0.25, 0.3) is 0 Å². The van der Waals surface area contributed by atoms with E-state index in [1.807, 2.05) is 0 Å². The Kier molecular flexibility index (Phi) is 3.96. The van der Waals surface area contributed by atoms with Gasteiger partial charge in [-0.25, -0.2) is 0 Å². The molecule has 3 rings (SSSR count). The summed E-state index contributed by atoms with van der Waals surface area (Å²) in [5.74, 6) is 1.65. The number of nitrogens with zero attached hydrogens (tertiary/aromatic N) is 1. The first-order valence-electron chi connectivity index (χ1n) is 7.93. The molecule has 1 saturated heterocycles. The van der Waals surface area contributed by atoms with Crippen LogP contribution in [0.3, 0.4) is 0 Å². The molecule has 0 unspecified atom stereocenters. The molecule has 0 aromatic rings. The standard InChI is InChI=1S/C15H25N3O2/c16-14(19)9-18-5-1-2-12(8-18)17-15(20)13-7-10-3-4-11(13)6-10/h10-13H,1-9H2,(H2,16,19)(H,17,20)/t10-,11-,12-,13-/m0/s1. The van der Waals surface area contributed by atoms with Crippen molar-refractivity contribution in [2.75, 3.05) is 19.6 Å². The van der Waals surface area contributed by atoms with Gasteiger partial charge in [-0.05, 0) is 50.5 Å². The summed E-state index contributed by atoms with van der Waals surface area (Å²) in [6.07, 6.45) is 6.95. The summed E-state index contributed by atoms with van der Waals surface area (Å²) in [7, 11) is 0. The number of nitrogens with two attached hydrogens (primary N) is 1. The van der Waals surface area contributed by atoms with Crippen LogP contribution in [0.5, 0.6) is 0 Å². The lowest BCUT2D eigenvalue weighted by Gasteiger charge is -2.33. The monoisotopic (exact) mass is 279 g/mol. The zero-order chi connectivity index (χ0) is 14.1. The number of likely N-dealkylation sites (tertiary alicyclic amines) is 1. The number of hydrogen-bond acceptors (Lipinski definition) is 3. The van der Waals surface area contributed by atoms with E-state index in [0.29, 0.717) is 12.5 Å². The topological polar surface area (TPSA) is 75.4 Å². The van der Waals surface area contributed by atoms with Crippen LogP contribution in [0.1, 0.15) is 38.5 Å². The van der Waals surface area contributed by atoms with Gasteiger partial charge < -0.3 is 11.1 Å². The fourth-order valence-electron chi connectivity index (χ4n) is 4.41. The Balaban J connectivity index is 1.49. The van der Waals surface area contributed by atoms with Crippen LogP contribution in [-0.2, 0) is 9.59 Å². The zero-order valence-corrected chi connectivity index (χ0v) is 12.0. The van der Waals surface area contributed by atoms with E-state index in [-0.39, 0.29) is 23.8 Å². The summed E-state index contributed by atoms with van der Waals surface area (Å²) in [5, 5.41) is 3.22. The van der Waals surface area contributed by atoms with Crippen molar-refractivity contribution >= 4 is 11.8 Å². The minimum atomic E-state index is -0.287. The van der Waals surface area contributed by atoms with Gasteiger partial charge in [0.2, 0.25) is 11.8 Å². The highest BCUT2D eigenvalue weighted by molar-refractivity contribution is 5.80. The zero-order valence-electron chi connectivity index (χ0n) is 12.0. The molecule has 1 aliphatic heterocycles. The van der Waals surface area contributed by atoms with Crippen LogP contribution in [0, 0.1) is 17.8 Å². The SMILES string of the molecule is NC(=O)CN1CCC[C@H](NC(=O)[C@H]2C[C@H]3CC[C@H]2C3)C1. The average Bonchev–Trinajstić information content (AvgIpc) is 3.00. The van der Waals surface area contributed by atoms with Gasteiger partial charge in [0.1, 0.15) is 0 Å². The third-order valence-electron chi connectivity index (χ3n) is 5.31. The second-order valence-electron chi connectivity index (χ2n) is 6.83. The van der Waals surface area contributed by atoms with Crippen molar-refractivity contribution in [3.05, 3.63) is 0 Å². The summed E-state index contributed by atoms with van der Waals surface area (Å²) in [6, 6.07) is 0.190. The summed E-state index contributed by atoms with van der Waals surface area (Å²) in [6.45, 7) is 1.97. The third kappa shape index (κ3) is 2.97. The molecule has 0 aromatic carbocycles. The maximum Gasteiger partial charge on any atom is 0.231 e. The average molecular weight is 279 g/mol. The van der Waals surface area contributed by atoms with Gasteiger partial charge in [-0.3, -0.25) is 14.5 Å². The van der Waals surface area contributed by atoms with Gasteiger partial charge in [0.15, 0.2) is 0 Å². The maximum absolute atomic E-state index is 12.4. The summed E-state index contributed by atoms with van der Waals surface area (Å²) < 4.78 is 0. The minimum Gasteiger partial charge on any atom is -0.369 e. The van der Waals surface area contributed by atoms with Gasteiger partial charge in [-0.15, -0.1) is 0 Å². The molecule has 2 bridgehead atoms. The van der Waals surface area contributed by atoms with E-state index >= 15 is 0 Å². The van der Waals surface area contributed by atoms with E-state index in [1.54, 1.807) is 0 Å². The lowest BCUT2D eigenvalue weighted by atomic mass is 9.88. The molecule has 5 heteroatoms. The lowest BCUT2D eigenvalue weighted by molar-refractivity contribution is -0.127. The number of carbonyl (C=O) groups excluding carboxylic acids is 2. The highest BCUT2D eigenvalue weighted by Gasteiger charge is 2.43. The van der Waals surface area contributed by atoms with E-state index in [2.05, 4.69) is 10.2 Å². The van der Waals surface area contributed by atoms with Crippen molar-refractivity contribution < 1.29 is 9.59 Å². The molecule has 0 spiro atoms. The second kappa shape index (κ2) is 5.72. The van der Waals surface area contributed by atoms with E-state index < -0.39 is 0 Å². The molecule has 4 atom stereocenters. The lowest BCUT2D eigenvalue weighted by Crippen LogP contribution is -2.51. The number of rotatable bonds is 4. The molecule has 112 valence electrons. The number of hydrogen-bond donors (Lipinski definition) is 2. The highest BCUT2D eigenvalue weighted by Crippen LogP contribution is 2.48. The van der Waals surface area contributed by atoms with Crippen molar-refractivity contribution in [1.82, 2.24) is 10.2 Å². The van der Waals surface area contributed by atoms with Gasteiger partial charge in [0, 0.05) is 18.5 Å². The maximum atomic E-state index is 12.4. The minimum absolute atomic E-state index is 0.190. The van der Waals surface area contributed by atoms with Gasteiger partial charge in [0.05, 0.1) is 6.54 Å². The van der Waals surface area contributed by atoms with E-state index in [0.717, 1.165) is 38.3 Å². The summed E-state index contributed by atoms with van der Waals surface area (Å²) >= 11 is 0. The Bertz CT molecular complexity index is 399. The molecular weight excluding hydrogens is 254 g/mol. The van der Waals surface area contributed by atoms with Crippen LogP contribution in [0.2, 0.25) is 0 Å². The largest absolute Gasteiger partial charge is 0.369 e. The first-order valence-corrected chi connectivity index (χ1v) is 7.93. The van der Waals surface area contributed by atoms with Crippen LogP contribution in [0.4, 0.5) is 0 Å². The van der Waals surface area contributed by atoms with Gasteiger partial charge in [-0.1, -0.05) is 6.42 Å². The molecular formula is C15H25N3O2. The van der Waals surface area contributed by atoms with Crippen LogP contribution in [-0.4, -0.2) is 42.4 Å². The quantitative estimate of drug-likeness (QED) is 0.786. The fraction of sp³-hybridized carbons (Fsp3) is 0.867. The Morgan fingerprint density at radius 2 is 2.05 bits per heavy atom. The summed E-state index contributed by atoms with van der Waals surface area (Å²) in [5.41, 5.74) is 5.24.